The van der Waals surface area contributed by atoms with Crippen molar-refractivity contribution in [2.45, 2.75) is 6.18 Å². The number of nitrogens with zero attached hydrogens (tertiary/aromatic N) is 2. The van der Waals surface area contributed by atoms with E-state index in [1.165, 1.54) is 46.3 Å². The van der Waals surface area contributed by atoms with Gasteiger partial charge in [0, 0.05) is 32.2 Å². The molecule has 0 fully saturated rings. The Kier molecular flexibility index (Phi) is 3.74. The predicted molar refractivity (Wildman–Crippen MR) is 81.2 cm³/mol. The highest BCUT2D eigenvalue weighted by Gasteiger charge is 2.37. The van der Waals surface area contributed by atoms with Gasteiger partial charge in [0.2, 0.25) is 0 Å². The maximum atomic E-state index is 13.3. The van der Waals surface area contributed by atoms with Gasteiger partial charge < -0.3 is 9.47 Å². The van der Waals surface area contributed by atoms with Crippen LogP contribution in [-0.4, -0.2) is 18.7 Å². The Morgan fingerprint density at radius 1 is 1.25 bits per heavy atom. The Balaban J connectivity index is 3.01. The summed E-state index contributed by atoms with van der Waals surface area (Å²) in [5.41, 5.74) is -0.575. The molecule has 0 aliphatic heterocycles. The van der Waals surface area contributed by atoms with Crippen molar-refractivity contribution in [3.05, 3.63) is 37.7 Å². The SMILES string of the molecule is CN(C)c1ccc2c(c1)c(C(F)(F)F)c(I)c(=O)n2C. The standard InChI is InChI=1S/C13H12F3IN2O/c1-18(2)7-4-5-9-8(6-7)10(13(14,15)16)11(17)12(20)19(9)3/h4-6H,1-3H3. The molecule has 0 amide bonds. The van der Waals surface area contributed by atoms with E-state index in [1.54, 1.807) is 25.1 Å². The predicted octanol–water partition coefficient (Wildman–Crippen LogP) is 3.23. The van der Waals surface area contributed by atoms with Crippen LogP contribution in [0.25, 0.3) is 10.9 Å². The zero-order chi connectivity index (χ0) is 15.2. The van der Waals surface area contributed by atoms with Gasteiger partial charge in [0.1, 0.15) is 0 Å². The van der Waals surface area contributed by atoms with Gasteiger partial charge >= 0.3 is 6.18 Å². The second-order valence-electron chi connectivity index (χ2n) is 4.65. The first-order chi connectivity index (χ1) is 9.14. The van der Waals surface area contributed by atoms with E-state index in [9.17, 15) is 18.0 Å². The Hall–Kier alpha value is -1.25. The minimum absolute atomic E-state index is 0.0372. The molecule has 1 aromatic heterocycles. The van der Waals surface area contributed by atoms with E-state index in [4.69, 9.17) is 0 Å². The molecular formula is C13H12F3IN2O. The molecule has 3 nitrogen and oxygen atoms in total. The van der Waals surface area contributed by atoms with Gasteiger partial charge in [-0.25, -0.2) is 0 Å². The fourth-order valence-corrected chi connectivity index (χ4v) is 3.01. The molecule has 0 aliphatic carbocycles. The number of aryl methyl sites for hydroxylation is 1. The number of rotatable bonds is 1. The van der Waals surface area contributed by atoms with Crippen LogP contribution in [0.2, 0.25) is 0 Å². The van der Waals surface area contributed by atoms with E-state index >= 15 is 0 Å². The highest BCUT2D eigenvalue weighted by molar-refractivity contribution is 14.1. The van der Waals surface area contributed by atoms with Crippen LogP contribution in [0.15, 0.2) is 23.0 Å². The largest absolute Gasteiger partial charge is 0.418 e. The average Bonchev–Trinajstić information content (AvgIpc) is 2.34. The molecule has 0 unspecified atom stereocenters. The van der Waals surface area contributed by atoms with E-state index in [-0.39, 0.29) is 14.5 Å². The molecule has 0 N–H and O–H groups in total. The second-order valence-corrected chi connectivity index (χ2v) is 5.73. The minimum Gasteiger partial charge on any atom is -0.378 e. The Labute approximate surface area is 127 Å². The smallest absolute Gasteiger partial charge is 0.378 e. The van der Waals surface area contributed by atoms with Crippen molar-refractivity contribution >= 4 is 39.2 Å². The number of hydrogen-bond acceptors (Lipinski definition) is 2. The molecule has 1 aromatic carbocycles. The fourth-order valence-electron chi connectivity index (χ4n) is 2.05. The Morgan fingerprint density at radius 2 is 1.85 bits per heavy atom. The molecule has 0 atom stereocenters. The van der Waals surface area contributed by atoms with Crippen LogP contribution < -0.4 is 10.5 Å². The summed E-state index contributed by atoms with van der Waals surface area (Å²) in [4.78, 5) is 13.6. The third-order valence-corrected chi connectivity index (χ3v) is 4.12. The summed E-state index contributed by atoms with van der Waals surface area (Å²) >= 11 is 1.47. The molecule has 20 heavy (non-hydrogen) atoms. The maximum Gasteiger partial charge on any atom is 0.418 e. The Morgan fingerprint density at radius 3 is 2.35 bits per heavy atom. The average molecular weight is 396 g/mol. The van der Waals surface area contributed by atoms with Crippen molar-refractivity contribution in [1.29, 1.82) is 0 Å². The number of hydrogen-bond donors (Lipinski definition) is 0. The fraction of sp³-hybridized carbons (Fsp3) is 0.308. The van der Waals surface area contributed by atoms with Crippen molar-refractivity contribution in [2.24, 2.45) is 7.05 Å². The Bertz CT molecular complexity index is 735. The lowest BCUT2D eigenvalue weighted by atomic mass is 10.1. The first-order valence-electron chi connectivity index (χ1n) is 5.71. The molecule has 0 spiro atoms. The minimum atomic E-state index is -4.56. The molecule has 108 valence electrons. The van der Waals surface area contributed by atoms with Gasteiger partial charge in [-0.2, -0.15) is 13.2 Å². The van der Waals surface area contributed by atoms with Gasteiger partial charge in [-0.1, -0.05) is 0 Å². The topological polar surface area (TPSA) is 25.2 Å². The van der Waals surface area contributed by atoms with Crippen molar-refractivity contribution < 1.29 is 13.2 Å². The quantitative estimate of drug-likeness (QED) is 0.692. The number of halogens is 4. The second kappa shape index (κ2) is 4.94. The molecule has 0 saturated heterocycles. The number of anilines is 1. The monoisotopic (exact) mass is 396 g/mol. The zero-order valence-corrected chi connectivity index (χ0v) is 13.2. The van der Waals surface area contributed by atoms with Gasteiger partial charge in [0.15, 0.2) is 0 Å². The van der Waals surface area contributed by atoms with E-state index in [0.29, 0.717) is 5.69 Å². The molecule has 0 bridgehead atoms. The summed E-state index contributed by atoms with van der Waals surface area (Å²) in [7, 11) is 4.98. The normalized spacial score (nSPS) is 11.9. The lowest BCUT2D eigenvalue weighted by molar-refractivity contribution is -0.137. The molecule has 0 saturated carbocycles. The van der Waals surface area contributed by atoms with Crippen LogP contribution in [0.4, 0.5) is 18.9 Å². The third kappa shape index (κ3) is 2.38. The van der Waals surface area contributed by atoms with Gasteiger partial charge in [0.05, 0.1) is 14.7 Å². The van der Waals surface area contributed by atoms with Crippen molar-refractivity contribution in [3.63, 3.8) is 0 Å². The number of pyridine rings is 1. The molecule has 2 aromatic rings. The van der Waals surface area contributed by atoms with E-state index in [0.717, 1.165) is 0 Å². The summed E-state index contributed by atoms with van der Waals surface area (Å²) in [6.07, 6.45) is -4.56. The van der Waals surface area contributed by atoms with E-state index < -0.39 is 17.3 Å². The first-order valence-corrected chi connectivity index (χ1v) is 6.79. The molecule has 1 heterocycles. The lowest BCUT2D eigenvalue weighted by Crippen LogP contribution is -2.25. The van der Waals surface area contributed by atoms with Crippen LogP contribution in [-0.2, 0) is 13.2 Å². The zero-order valence-electron chi connectivity index (χ0n) is 11.0. The highest BCUT2D eigenvalue weighted by atomic mass is 127. The van der Waals surface area contributed by atoms with Crippen molar-refractivity contribution in [2.75, 3.05) is 19.0 Å². The summed E-state index contributed by atoms with van der Waals surface area (Å²) in [5.74, 6) is 0. The highest BCUT2D eigenvalue weighted by Crippen LogP contribution is 2.37. The van der Waals surface area contributed by atoms with Gasteiger partial charge in [-0.15, -0.1) is 0 Å². The molecule has 2 rings (SSSR count). The van der Waals surface area contributed by atoms with Crippen molar-refractivity contribution in [3.8, 4) is 0 Å². The number of alkyl halides is 3. The van der Waals surface area contributed by atoms with Crippen LogP contribution in [0.1, 0.15) is 5.56 Å². The number of fused-ring (bicyclic) bond motifs is 1. The number of benzene rings is 1. The summed E-state index contributed by atoms with van der Waals surface area (Å²) in [5, 5.41) is 0.0372. The maximum absolute atomic E-state index is 13.3. The van der Waals surface area contributed by atoms with Gasteiger partial charge in [-0.05, 0) is 40.8 Å². The number of aromatic nitrogens is 1. The van der Waals surface area contributed by atoms with Gasteiger partial charge in [-0.3, -0.25) is 4.79 Å². The van der Waals surface area contributed by atoms with E-state index in [2.05, 4.69) is 0 Å². The van der Waals surface area contributed by atoms with Crippen LogP contribution in [0, 0.1) is 3.57 Å². The molecular weight excluding hydrogens is 384 g/mol. The van der Waals surface area contributed by atoms with Gasteiger partial charge in [0.25, 0.3) is 5.56 Å². The first kappa shape index (κ1) is 15.1. The van der Waals surface area contributed by atoms with Crippen LogP contribution in [0.5, 0.6) is 0 Å². The van der Waals surface area contributed by atoms with Crippen molar-refractivity contribution in [1.82, 2.24) is 4.57 Å². The van der Waals surface area contributed by atoms with E-state index in [1.807, 2.05) is 0 Å². The molecule has 0 radical (unpaired) electrons. The van der Waals surface area contributed by atoms with Crippen LogP contribution >= 0.6 is 22.6 Å². The summed E-state index contributed by atoms with van der Waals surface area (Å²) in [6, 6.07) is 4.69. The third-order valence-electron chi connectivity index (χ3n) is 3.12. The lowest BCUT2D eigenvalue weighted by Gasteiger charge is -2.18. The summed E-state index contributed by atoms with van der Waals surface area (Å²) < 4.78 is 40.7. The summed E-state index contributed by atoms with van der Waals surface area (Å²) in [6.45, 7) is 0. The van der Waals surface area contributed by atoms with Crippen LogP contribution in [0.3, 0.4) is 0 Å². The molecule has 0 aliphatic rings. The molecule has 7 heteroatoms.